The molecule has 1 fully saturated rings. The summed E-state index contributed by atoms with van der Waals surface area (Å²) in [5.41, 5.74) is 0. The molecule has 8 heteroatoms. The van der Waals surface area contributed by atoms with Gasteiger partial charge >= 0.3 is 6.18 Å². The summed E-state index contributed by atoms with van der Waals surface area (Å²) in [6.07, 6.45) is -1.16. The predicted octanol–water partition coefficient (Wildman–Crippen LogP) is 1.88. The van der Waals surface area contributed by atoms with Gasteiger partial charge in [-0.15, -0.1) is 0 Å². The summed E-state index contributed by atoms with van der Waals surface area (Å²) in [6.45, 7) is 4.46. The van der Waals surface area contributed by atoms with E-state index in [1.54, 1.807) is 10.8 Å². The van der Waals surface area contributed by atoms with Crippen LogP contribution in [0.5, 0.6) is 0 Å². The van der Waals surface area contributed by atoms with Gasteiger partial charge in [-0.05, 0) is 5.92 Å². The second-order valence-electron chi connectivity index (χ2n) is 5.70. The molecule has 2 heterocycles. The molecule has 1 saturated heterocycles. The first-order valence-electron chi connectivity index (χ1n) is 6.88. The van der Waals surface area contributed by atoms with Crippen molar-refractivity contribution in [3.05, 3.63) is 12.4 Å². The van der Waals surface area contributed by atoms with Crippen LogP contribution in [0.4, 0.5) is 19.1 Å². The Morgan fingerprint density at radius 3 is 2.86 bits per heavy atom. The minimum absolute atomic E-state index is 0.0287. The lowest BCUT2D eigenvalue weighted by Gasteiger charge is -2.20. The van der Waals surface area contributed by atoms with E-state index in [4.69, 9.17) is 0 Å². The molecule has 1 aromatic heterocycles. The van der Waals surface area contributed by atoms with E-state index < -0.39 is 23.9 Å². The van der Waals surface area contributed by atoms with Crippen molar-refractivity contribution in [3.8, 4) is 0 Å². The summed E-state index contributed by atoms with van der Waals surface area (Å²) in [7, 11) is 0. The van der Waals surface area contributed by atoms with E-state index in [9.17, 15) is 18.0 Å². The summed E-state index contributed by atoms with van der Waals surface area (Å²) in [4.78, 5) is 16.1. The highest BCUT2D eigenvalue weighted by atomic mass is 19.4. The van der Waals surface area contributed by atoms with Crippen molar-refractivity contribution in [2.75, 3.05) is 18.4 Å². The summed E-state index contributed by atoms with van der Waals surface area (Å²) >= 11 is 0. The van der Waals surface area contributed by atoms with Gasteiger partial charge in [0.1, 0.15) is 0 Å². The smallest absolute Gasteiger partial charge is 0.317 e. The molecule has 2 N–H and O–H groups in total. The number of alkyl halides is 3. The highest BCUT2D eigenvalue weighted by Gasteiger charge is 2.49. The summed E-state index contributed by atoms with van der Waals surface area (Å²) < 4.78 is 40.3. The average molecular weight is 304 g/mol. The lowest BCUT2D eigenvalue weighted by atomic mass is 9.95. The molecule has 1 amide bonds. The van der Waals surface area contributed by atoms with E-state index >= 15 is 0 Å². The maximum Gasteiger partial charge on any atom is 0.393 e. The van der Waals surface area contributed by atoms with Crippen molar-refractivity contribution in [2.24, 2.45) is 17.8 Å². The molecule has 2 rings (SSSR count). The van der Waals surface area contributed by atoms with Crippen LogP contribution in [0.3, 0.4) is 0 Å². The molecule has 5 nitrogen and oxygen atoms in total. The molecule has 1 aromatic rings. The van der Waals surface area contributed by atoms with Crippen LogP contribution in [0.25, 0.3) is 0 Å². The SMILES string of the molecule is CC(C)Cn1ccnc1NC(=O)[C@@H]1CNC[C@H]1C(F)(F)F. The van der Waals surface area contributed by atoms with Crippen LogP contribution in [0.1, 0.15) is 13.8 Å². The second kappa shape index (κ2) is 6.05. The van der Waals surface area contributed by atoms with Crippen molar-refractivity contribution in [2.45, 2.75) is 26.6 Å². The third kappa shape index (κ3) is 3.75. The topological polar surface area (TPSA) is 59.0 Å². The van der Waals surface area contributed by atoms with E-state index in [0.29, 0.717) is 18.4 Å². The van der Waals surface area contributed by atoms with Gasteiger partial charge in [0, 0.05) is 32.0 Å². The molecule has 0 bridgehead atoms. The summed E-state index contributed by atoms with van der Waals surface area (Å²) in [5.74, 6) is -2.77. The molecule has 0 radical (unpaired) electrons. The Labute approximate surface area is 120 Å². The van der Waals surface area contributed by atoms with Gasteiger partial charge in [0.15, 0.2) is 0 Å². The van der Waals surface area contributed by atoms with E-state index in [1.807, 2.05) is 13.8 Å². The number of rotatable bonds is 4. The molecular formula is C13H19F3N4O. The monoisotopic (exact) mass is 304 g/mol. The Balaban J connectivity index is 2.06. The second-order valence-corrected chi connectivity index (χ2v) is 5.70. The molecule has 0 saturated carbocycles. The van der Waals surface area contributed by atoms with Gasteiger partial charge in [-0.3, -0.25) is 10.1 Å². The first-order chi connectivity index (χ1) is 9.79. The first kappa shape index (κ1) is 15.8. The van der Waals surface area contributed by atoms with Crippen molar-refractivity contribution in [3.63, 3.8) is 0 Å². The molecule has 1 aliphatic rings. The van der Waals surface area contributed by atoms with Gasteiger partial charge in [0.2, 0.25) is 11.9 Å². The molecule has 1 aliphatic heterocycles. The van der Waals surface area contributed by atoms with E-state index in [2.05, 4.69) is 15.6 Å². The van der Waals surface area contributed by atoms with E-state index in [-0.39, 0.29) is 13.1 Å². The van der Waals surface area contributed by atoms with Gasteiger partial charge < -0.3 is 9.88 Å². The van der Waals surface area contributed by atoms with E-state index in [0.717, 1.165) is 0 Å². The Morgan fingerprint density at radius 2 is 2.24 bits per heavy atom. The zero-order valence-electron chi connectivity index (χ0n) is 11.9. The lowest BCUT2D eigenvalue weighted by Crippen LogP contribution is -2.37. The fraction of sp³-hybridized carbons (Fsp3) is 0.692. The van der Waals surface area contributed by atoms with Crippen LogP contribution in [0.15, 0.2) is 12.4 Å². The largest absolute Gasteiger partial charge is 0.393 e. The number of hydrogen-bond donors (Lipinski definition) is 2. The zero-order chi connectivity index (χ0) is 15.6. The number of imidazole rings is 1. The number of halogens is 3. The van der Waals surface area contributed by atoms with Crippen molar-refractivity contribution < 1.29 is 18.0 Å². The zero-order valence-corrected chi connectivity index (χ0v) is 11.9. The van der Waals surface area contributed by atoms with Gasteiger partial charge in [0.05, 0.1) is 11.8 Å². The molecular weight excluding hydrogens is 285 g/mol. The van der Waals surface area contributed by atoms with Crippen molar-refractivity contribution in [1.82, 2.24) is 14.9 Å². The number of aromatic nitrogens is 2. The first-order valence-corrected chi connectivity index (χ1v) is 6.88. The third-order valence-electron chi connectivity index (χ3n) is 3.48. The number of amides is 1. The quantitative estimate of drug-likeness (QED) is 0.893. The standard InChI is InChI=1S/C13H19F3N4O/c1-8(2)7-20-4-3-18-12(20)19-11(21)9-5-17-6-10(9)13(14,15)16/h3-4,8-10,17H,5-7H2,1-2H3,(H,18,19,21)/t9-,10-/m1/s1. The number of hydrogen-bond acceptors (Lipinski definition) is 3. The molecule has 0 unspecified atom stereocenters. The van der Waals surface area contributed by atoms with Crippen LogP contribution < -0.4 is 10.6 Å². The fourth-order valence-corrected chi connectivity index (χ4v) is 2.47. The van der Waals surface area contributed by atoms with Crippen LogP contribution >= 0.6 is 0 Å². The molecule has 118 valence electrons. The van der Waals surface area contributed by atoms with E-state index in [1.165, 1.54) is 6.20 Å². The van der Waals surface area contributed by atoms with Gasteiger partial charge in [-0.2, -0.15) is 13.2 Å². The maximum atomic E-state index is 12.9. The molecule has 21 heavy (non-hydrogen) atoms. The number of anilines is 1. The third-order valence-corrected chi connectivity index (χ3v) is 3.48. The van der Waals surface area contributed by atoms with Crippen LogP contribution in [-0.4, -0.2) is 34.7 Å². The van der Waals surface area contributed by atoms with Gasteiger partial charge in [0.25, 0.3) is 0 Å². The van der Waals surface area contributed by atoms with Crippen molar-refractivity contribution in [1.29, 1.82) is 0 Å². The Bertz CT molecular complexity index is 498. The summed E-state index contributed by atoms with van der Waals surface area (Å²) in [6, 6.07) is 0. The summed E-state index contributed by atoms with van der Waals surface area (Å²) in [5, 5.41) is 5.14. The lowest BCUT2D eigenvalue weighted by molar-refractivity contribution is -0.181. The molecule has 2 atom stereocenters. The minimum atomic E-state index is -4.38. The Morgan fingerprint density at radius 1 is 1.52 bits per heavy atom. The number of carbonyl (C=O) groups excluding carboxylic acids is 1. The maximum absolute atomic E-state index is 12.9. The molecule has 0 spiro atoms. The van der Waals surface area contributed by atoms with Crippen LogP contribution in [-0.2, 0) is 11.3 Å². The molecule has 0 aromatic carbocycles. The van der Waals surface area contributed by atoms with Crippen molar-refractivity contribution >= 4 is 11.9 Å². The van der Waals surface area contributed by atoms with Gasteiger partial charge in [-0.1, -0.05) is 13.8 Å². The predicted molar refractivity (Wildman–Crippen MR) is 71.6 cm³/mol. The van der Waals surface area contributed by atoms with Crippen LogP contribution in [0.2, 0.25) is 0 Å². The molecule has 0 aliphatic carbocycles. The van der Waals surface area contributed by atoms with Gasteiger partial charge in [-0.25, -0.2) is 4.98 Å². The number of nitrogens with one attached hydrogen (secondary N) is 2. The Hall–Kier alpha value is -1.57. The number of nitrogens with zero attached hydrogens (tertiary/aromatic N) is 2. The highest BCUT2D eigenvalue weighted by molar-refractivity contribution is 5.91. The normalized spacial score (nSPS) is 22.8. The average Bonchev–Trinajstić information content (AvgIpc) is 2.97. The number of carbonyl (C=O) groups is 1. The fourth-order valence-electron chi connectivity index (χ4n) is 2.47. The Kier molecular flexibility index (Phi) is 4.55. The van der Waals surface area contributed by atoms with Crippen LogP contribution in [0, 0.1) is 17.8 Å². The minimum Gasteiger partial charge on any atom is -0.317 e. The highest BCUT2D eigenvalue weighted by Crippen LogP contribution is 2.34.